The quantitative estimate of drug-likeness (QED) is 0.304. The van der Waals surface area contributed by atoms with Crippen molar-refractivity contribution in [3.63, 3.8) is 0 Å². The molecule has 0 N–H and O–H groups in total. The van der Waals surface area contributed by atoms with Crippen molar-refractivity contribution in [2.75, 3.05) is 13.1 Å². The van der Waals surface area contributed by atoms with E-state index in [-0.39, 0.29) is 0 Å². The standard InChI is InChI=1S/C27H22N2O5/c30-26(32-19-9-3-1-4-10-19)29-17-15-22-24(16-18-29)28-23-14-8-7-13-21(23)25(22)34-27(31)33-20-11-5-2-6-12-20/h1-14H,15-18H2. The summed E-state index contributed by atoms with van der Waals surface area (Å²) in [6.45, 7) is 0.848. The molecular weight excluding hydrogens is 432 g/mol. The molecule has 0 saturated carbocycles. The molecule has 170 valence electrons. The minimum absolute atomic E-state index is 0.395. The van der Waals surface area contributed by atoms with E-state index in [1.807, 2.05) is 48.5 Å². The van der Waals surface area contributed by atoms with Crippen LogP contribution >= 0.6 is 0 Å². The first-order valence-electron chi connectivity index (χ1n) is 11.0. The van der Waals surface area contributed by atoms with Crippen LogP contribution in [0.5, 0.6) is 17.2 Å². The lowest BCUT2D eigenvalue weighted by molar-refractivity contribution is 0.150. The second-order valence-corrected chi connectivity index (χ2v) is 7.82. The Labute approximate surface area is 196 Å². The summed E-state index contributed by atoms with van der Waals surface area (Å²) >= 11 is 0. The van der Waals surface area contributed by atoms with E-state index in [1.54, 1.807) is 41.3 Å². The number of nitrogens with zero attached hydrogens (tertiary/aromatic N) is 2. The normalized spacial score (nSPS) is 13.0. The third-order valence-corrected chi connectivity index (χ3v) is 5.61. The molecule has 3 aromatic carbocycles. The smallest absolute Gasteiger partial charge is 0.410 e. The molecule has 0 bridgehead atoms. The van der Waals surface area contributed by atoms with Crippen molar-refractivity contribution >= 4 is 23.2 Å². The Morgan fingerprint density at radius 3 is 2.06 bits per heavy atom. The fourth-order valence-corrected chi connectivity index (χ4v) is 3.98. The lowest BCUT2D eigenvalue weighted by Gasteiger charge is -2.19. The molecule has 0 atom stereocenters. The molecule has 2 heterocycles. The summed E-state index contributed by atoms with van der Waals surface area (Å²) in [5, 5.41) is 0.714. The third-order valence-electron chi connectivity index (χ3n) is 5.61. The summed E-state index contributed by atoms with van der Waals surface area (Å²) in [4.78, 5) is 31.8. The summed E-state index contributed by atoms with van der Waals surface area (Å²) in [5.74, 6) is 1.30. The Morgan fingerprint density at radius 1 is 0.706 bits per heavy atom. The monoisotopic (exact) mass is 454 g/mol. The SMILES string of the molecule is O=C(Oc1ccccc1)Oc1c2c(nc3ccccc13)CCN(C(=O)Oc1ccccc1)CC2. The number of aromatic nitrogens is 1. The van der Waals surface area contributed by atoms with Crippen molar-refractivity contribution in [3.05, 3.63) is 96.2 Å². The molecule has 5 rings (SSSR count). The van der Waals surface area contributed by atoms with E-state index in [2.05, 4.69) is 0 Å². The maximum absolute atomic E-state index is 12.7. The van der Waals surface area contributed by atoms with Gasteiger partial charge in [0, 0.05) is 36.2 Å². The largest absolute Gasteiger partial charge is 0.519 e. The maximum atomic E-state index is 12.7. The van der Waals surface area contributed by atoms with Gasteiger partial charge in [-0.3, -0.25) is 4.98 Å². The van der Waals surface area contributed by atoms with Crippen molar-refractivity contribution < 1.29 is 23.8 Å². The van der Waals surface area contributed by atoms with Crippen LogP contribution in [0.4, 0.5) is 9.59 Å². The van der Waals surface area contributed by atoms with Crippen molar-refractivity contribution in [2.45, 2.75) is 12.8 Å². The minimum atomic E-state index is -0.825. The van der Waals surface area contributed by atoms with Crippen LogP contribution < -0.4 is 14.2 Å². The number of hydrogen-bond donors (Lipinski definition) is 0. The predicted octanol–water partition coefficient (Wildman–Crippen LogP) is 5.41. The minimum Gasteiger partial charge on any atom is -0.410 e. The molecule has 4 aromatic rings. The molecule has 0 aliphatic carbocycles. The molecule has 34 heavy (non-hydrogen) atoms. The van der Waals surface area contributed by atoms with Gasteiger partial charge in [-0.05, 0) is 42.8 Å². The van der Waals surface area contributed by atoms with Gasteiger partial charge in [0.15, 0.2) is 0 Å². The molecule has 1 aliphatic heterocycles. The number of ether oxygens (including phenoxy) is 3. The highest BCUT2D eigenvalue weighted by molar-refractivity contribution is 5.89. The summed E-state index contributed by atoms with van der Waals surface area (Å²) in [7, 11) is 0. The van der Waals surface area contributed by atoms with Gasteiger partial charge in [-0.2, -0.15) is 0 Å². The Morgan fingerprint density at radius 2 is 1.32 bits per heavy atom. The predicted molar refractivity (Wildman–Crippen MR) is 126 cm³/mol. The van der Waals surface area contributed by atoms with Crippen LogP contribution in [0.25, 0.3) is 10.9 Å². The molecule has 0 radical (unpaired) electrons. The van der Waals surface area contributed by atoms with Gasteiger partial charge in [-0.15, -0.1) is 0 Å². The van der Waals surface area contributed by atoms with Crippen LogP contribution in [0.1, 0.15) is 11.3 Å². The number of hydrogen-bond acceptors (Lipinski definition) is 6. The number of carbonyl (C=O) groups excluding carboxylic acids is 2. The highest BCUT2D eigenvalue weighted by Gasteiger charge is 2.26. The summed E-state index contributed by atoms with van der Waals surface area (Å²) in [6.07, 6.45) is -0.275. The highest BCUT2D eigenvalue weighted by Crippen LogP contribution is 2.33. The van der Waals surface area contributed by atoms with Crippen molar-refractivity contribution in [2.24, 2.45) is 0 Å². The Balaban J connectivity index is 1.40. The van der Waals surface area contributed by atoms with Gasteiger partial charge in [0.05, 0.1) is 5.52 Å². The van der Waals surface area contributed by atoms with E-state index >= 15 is 0 Å². The van der Waals surface area contributed by atoms with Crippen LogP contribution in [-0.2, 0) is 12.8 Å². The zero-order valence-electron chi connectivity index (χ0n) is 18.3. The van der Waals surface area contributed by atoms with Crippen molar-refractivity contribution in [1.29, 1.82) is 0 Å². The van der Waals surface area contributed by atoms with Gasteiger partial charge in [-0.25, -0.2) is 9.59 Å². The van der Waals surface area contributed by atoms with E-state index in [4.69, 9.17) is 19.2 Å². The molecule has 1 aliphatic rings. The van der Waals surface area contributed by atoms with Crippen LogP contribution in [0.2, 0.25) is 0 Å². The molecule has 0 fully saturated rings. The lowest BCUT2D eigenvalue weighted by atomic mass is 10.0. The molecule has 0 unspecified atom stereocenters. The van der Waals surface area contributed by atoms with E-state index in [9.17, 15) is 9.59 Å². The number of fused-ring (bicyclic) bond motifs is 2. The molecular formula is C27H22N2O5. The Kier molecular flexibility index (Phi) is 6.07. The topological polar surface area (TPSA) is 78.0 Å². The van der Waals surface area contributed by atoms with Gasteiger partial charge in [0.2, 0.25) is 0 Å². The van der Waals surface area contributed by atoms with E-state index in [1.165, 1.54) is 0 Å². The number of carbonyl (C=O) groups is 2. The molecule has 1 aromatic heterocycles. The Bertz CT molecular complexity index is 1330. The van der Waals surface area contributed by atoms with E-state index < -0.39 is 12.2 Å². The first-order valence-corrected chi connectivity index (χ1v) is 11.0. The Hall–Kier alpha value is -4.39. The molecule has 7 heteroatoms. The number of amides is 1. The lowest BCUT2D eigenvalue weighted by Crippen LogP contribution is -2.35. The van der Waals surface area contributed by atoms with Crippen LogP contribution in [0, 0.1) is 0 Å². The molecule has 0 spiro atoms. The van der Waals surface area contributed by atoms with Gasteiger partial charge in [0.25, 0.3) is 0 Å². The third kappa shape index (κ3) is 4.68. The van der Waals surface area contributed by atoms with Crippen LogP contribution in [0.3, 0.4) is 0 Å². The second kappa shape index (κ2) is 9.62. The number of pyridine rings is 1. The van der Waals surface area contributed by atoms with E-state index in [0.29, 0.717) is 54.1 Å². The number of benzene rings is 3. The zero-order valence-corrected chi connectivity index (χ0v) is 18.3. The van der Waals surface area contributed by atoms with Gasteiger partial charge < -0.3 is 19.1 Å². The second-order valence-electron chi connectivity index (χ2n) is 7.82. The van der Waals surface area contributed by atoms with E-state index in [0.717, 1.165) is 11.3 Å². The fourth-order valence-electron chi connectivity index (χ4n) is 3.98. The van der Waals surface area contributed by atoms with Crippen molar-refractivity contribution in [3.8, 4) is 17.2 Å². The molecule has 0 saturated heterocycles. The van der Waals surface area contributed by atoms with Crippen LogP contribution in [0.15, 0.2) is 84.9 Å². The van der Waals surface area contributed by atoms with Crippen LogP contribution in [-0.4, -0.2) is 35.2 Å². The maximum Gasteiger partial charge on any atom is 0.519 e. The molecule has 1 amide bonds. The van der Waals surface area contributed by atoms with Gasteiger partial charge >= 0.3 is 12.2 Å². The molecule has 7 nitrogen and oxygen atoms in total. The van der Waals surface area contributed by atoms with Gasteiger partial charge in [-0.1, -0.05) is 48.5 Å². The average molecular weight is 454 g/mol. The highest BCUT2D eigenvalue weighted by atomic mass is 16.7. The van der Waals surface area contributed by atoms with Gasteiger partial charge in [0.1, 0.15) is 17.2 Å². The average Bonchev–Trinajstić information content (AvgIpc) is 3.08. The fraction of sp³-hybridized carbons (Fsp3) is 0.148. The number of para-hydroxylation sites is 3. The van der Waals surface area contributed by atoms with Crippen molar-refractivity contribution in [1.82, 2.24) is 9.88 Å². The zero-order chi connectivity index (χ0) is 23.3. The summed E-state index contributed by atoms with van der Waals surface area (Å²) in [6, 6.07) is 25.2. The number of rotatable bonds is 3. The first-order chi connectivity index (χ1) is 16.7. The first kappa shape index (κ1) is 21.5. The summed E-state index contributed by atoms with van der Waals surface area (Å²) < 4.78 is 16.6. The summed E-state index contributed by atoms with van der Waals surface area (Å²) in [5.41, 5.74) is 2.29.